The first-order valence-corrected chi connectivity index (χ1v) is 5.49. The number of hydrogen-bond acceptors (Lipinski definition) is 3. The van der Waals surface area contributed by atoms with Crippen molar-refractivity contribution in [3.63, 3.8) is 0 Å². The molecule has 1 aromatic heterocycles. The molecule has 0 bridgehead atoms. The number of halogens is 1. The van der Waals surface area contributed by atoms with Gasteiger partial charge in [0.25, 0.3) is 5.56 Å². The van der Waals surface area contributed by atoms with Gasteiger partial charge in [0.2, 0.25) is 0 Å². The molecule has 0 aliphatic carbocycles. The van der Waals surface area contributed by atoms with Gasteiger partial charge in [0, 0.05) is 13.6 Å². The van der Waals surface area contributed by atoms with Crippen LogP contribution >= 0.6 is 11.6 Å². The number of anilines is 1. The minimum absolute atomic E-state index is 0.163. The summed E-state index contributed by atoms with van der Waals surface area (Å²) in [7, 11) is 1.89. The maximum Gasteiger partial charge on any atom is 0.271 e. The van der Waals surface area contributed by atoms with Gasteiger partial charge in [-0.2, -0.15) is 0 Å². The topological polar surface area (TPSA) is 49.0 Å². The van der Waals surface area contributed by atoms with E-state index in [1.54, 1.807) is 0 Å². The molecule has 0 saturated heterocycles. The Morgan fingerprint density at radius 2 is 2.27 bits per heavy atom. The highest BCUT2D eigenvalue weighted by atomic mass is 35.5. The summed E-state index contributed by atoms with van der Waals surface area (Å²) in [6.45, 7) is 3.02. The lowest BCUT2D eigenvalue weighted by atomic mass is 10.2. The summed E-state index contributed by atoms with van der Waals surface area (Å²) >= 11 is 5.85. The highest BCUT2D eigenvalue weighted by Gasteiger charge is 2.09. The lowest BCUT2D eigenvalue weighted by Gasteiger charge is -2.18. The van der Waals surface area contributed by atoms with E-state index in [1.807, 2.05) is 11.9 Å². The zero-order valence-corrected chi connectivity index (χ0v) is 9.84. The minimum atomic E-state index is -0.288. The first-order valence-electron chi connectivity index (χ1n) is 5.11. The largest absolute Gasteiger partial charge is 0.358 e. The second-order valence-corrected chi connectivity index (χ2v) is 3.88. The monoisotopic (exact) mass is 229 g/mol. The minimum Gasteiger partial charge on any atom is -0.358 e. The highest BCUT2D eigenvalue weighted by molar-refractivity contribution is 6.32. The van der Waals surface area contributed by atoms with E-state index in [4.69, 9.17) is 11.6 Å². The molecule has 0 amide bonds. The molecule has 1 N–H and O–H groups in total. The number of aromatic amines is 1. The Morgan fingerprint density at radius 1 is 1.53 bits per heavy atom. The first kappa shape index (κ1) is 12.0. The van der Waals surface area contributed by atoms with Crippen molar-refractivity contribution in [1.82, 2.24) is 9.97 Å². The Kier molecular flexibility index (Phi) is 4.62. The van der Waals surface area contributed by atoms with Crippen LogP contribution in [-0.4, -0.2) is 23.6 Å². The van der Waals surface area contributed by atoms with Gasteiger partial charge in [-0.1, -0.05) is 31.4 Å². The average molecular weight is 230 g/mol. The fraction of sp³-hybridized carbons (Fsp3) is 0.600. The number of H-pyrrole nitrogens is 1. The van der Waals surface area contributed by atoms with Crippen molar-refractivity contribution in [2.45, 2.75) is 26.2 Å². The predicted octanol–water partition coefficient (Wildman–Crippen LogP) is 2.05. The fourth-order valence-corrected chi connectivity index (χ4v) is 1.59. The molecule has 0 radical (unpaired) electrons. The SMILES string of the molecule is CCCCCN(C)c1nc[nH]c(=O)c1Cl. The van der Waals surface area contributed by atoms with Gasteiger partial charge >= 0.3 is 0 Å². The van der Waals surface area contributed by atoms with Crippen molar-refractivity contribution in [3.8, 4) is 0 Å². The van der Waals surface area contributed by atoms with Crippen LogP contribution in [0.2, 0.25) is 5.02 Å². The number of unbranched alkanes of at least 4 members (excludes halogenated alkanes) is 2. The van der Waals surface area contributed by atoms with Gasteiger partial charge in [0.05, 0.1) is 6.33 Å². The summed E-state index contributed by atoms with van der Waals surface area (Å²) < 4.78 is 0. The Labute approximate surface area is 94.3 Å². The fourth-order valence-electron chi connectivity index (χ4n) is 1.34. The van der Waals surface area contributed by atoms with Crippen LogP contribution < -0.4 is 10.5 Å². The summed E-state index contributed by atoms with van der Waals surface area (Å²) in [5, 5.41) is 0.163. The van der Waals surface area contributed by atoms with E-state index in [2.05, 4.69) is 16.9 Å². The van der Waals surface area contributed by atoms with Crippen molar-refractivity contribution in [1.29, 1.82) is 0 Å². The lowest BCUT2D eigenvalue weighted by molar-refractivity contribution is 0.700. The Balaban J connectivity index is 2.69. The van der Waals surface area contributed by atoms with E-state index in [0.29, 0.717) is 5.82 Å². The molecule has 0 atom stereocenters. The predicted molar refractivity (Wildman–Crippen MR) is 62.7 cm³/mol. The van der Waals surface area contributed by atoms with Gasteiger partial charge < -0.3 is 9.88 Å². The van der Waals surface area contributed by atoms with Crippen LogP contribution in [0.1, 0.15) is 26.2 Å². The number of aromatic nitrogens is 2. The van der Waals surface area contributed by atoms with E-state index in [1.165, 1.54) is 19.2 Å². The van der Waals surface area contributed by atoms with Gasteiger partial charge in [0.1, 0.15) is 5.02 Å². The Bertz CT molecular complexity index is 364. The van der Waals surface area contributed by atoms with Crippen LogP contribution in [0.25, 0.3) is 0 Å². The number of rotatable bonds is 5. The van der Waals surface area contributed by atoms with Crippen LogP contribution in [-0.2, 0) is 0 Å². The first-order chi connectivity index (χ1) is 7.16. The number of nitrogens with zero attached hydrogens (tertiary/aromatic N) is 2. The quantitative estimate of drug-likeness (QED) is 0.787. The van der Waals surface area contributed by atoms with Gasteiger partial charge in [0.15, 0.2) is 5.82 Å². The number of hydrogen-bond donors (Lipinski definition) is 1. The van der Waals surface area contributed by atoms with E-state index in [-0.39, 0.29) is 10.6 Å². The maximum absolute atomic E-state index is 11.2. The van der Waals surface area contributed by atoms with Crippen LogP contribution in [0.4, 0.5) is 5.82 Å². The summed E-state index contributed by atoms with van der Waals surface area (Å²) in [5.74, 6) is 0.552. The van der Waals surface area contributed by atoms with Crippen LogP contribution in [0.3, 0.4) is 0 Å². The molecule has 0 aliphatic heterocycles. The van der Waals surface area contributed by atoms with E-state index >= 15 is 0 Å². The third kappa shape index (κ3) is 3.23. The molecule has 5 heteroatoms. The van der Waals surface area contributed by atoms with Crippen molar-refractivity contribution >= 4 is 17.4 Å². The van der Waals surface area contributed by atoms with Gasteiger partial charge in [-0.05, 0) is 6.42 Å². The molecule has 1 aromatic rings. The van der Waals surface area contributed by atoms with Gasteiger partial charge in [-0.3, -0.25) is 4.79 Å². The second-order valence-electron chi connectivity index (χ2n) is 3.50. The molecule has 1 rings (SSSR count). The molecule has 0 aromatic carbocycles. The van der Waals surface area contributed by atoms with E-state index < -0.39 is 0 Å². The standard InChI is InChI=1S/C10H16ClN3O/c1-3-4-5-6-14(2)9-8(11)10(15)13-7-12-9/h7H,3-6H2,1-2H3,(H,12,13,15). The van der Waals surface area contributed by atoms with E-state index in [9.17, 15) is 4.79 Å². The van der Waals surface area contributed by atoms with Crippen molar-refractivity contribution in [2.75, 3.05) is 18.5 Å². The Hall–Kier alpha value is -1.03. The third-order valence-electron chi connectivity index (χ3n) is 2.24. The molecule has 0 unspecified atom stereocenters. The van der Waals surface area contributed by atoms with Crippen molar-refractivity contribution in [2.24, 2.45) is 0 Å². The number of nitrogens with one attached hydrogen (secondary N) is 1. The smallest absolute Gasteiger partial charge is 0.271 e. The molecule has 0 spiro atoms. The zero-order chi connectivity index (χ0) is 11.3. The molecular weight excluding hydrogens is 214 g/mol. The third-order valence-corrected chi connectivity index (χ3v) is 2.58. The average Bonchev–Trinajstić information content (AvgIpc) is 2.22. The molecule has 1 heterocycles. The zero-order valence-electron chi connectivity index (χ0n) is 9.09. The molecular formula is C10H16ClN3O. The molecule has 15 heavy (non-hydrogen) atoms. The normalized spacial score (nSPS) is 10.3. The molecule has 0 saturated carbocycles. The Morgan fingerprint density at radius 3 is 2.93 bits per heavy atom. The lowest BCUT2D eigenvalue weighted by Crippen LogP contribution is -2.23. The molecule has 0 aliphatic rings. The summed E-state index contributed by atoms with van der Waals surface area (Å²) in [6, 6.07) is 0. The highest BCUT2D eigenvalue weighted by Crippen LogP contribution is 2.16. The maximum atomic E-state index is 11.2. The van der Waals surface area contributed by atoms with Crippen LogP contribution in [0.15, 0.2) is 11.1 Å². The van der Waals surface area contributed by atoms with Crippen molar-refractivity contribution < 1.29 is 0 Å². The summed E-state index contributed by atoms with van der Waals surface area (Å²) in [6.07, 6.45) is 4.80. The van der Waals surface area contributed by atoms with Crippen LogP contribution in [0.5, 0.6) is 0 Å². The molecule has 4 nitrogen and oxygen atoms in total. The molecule has 0 fully saturated rings. The summed E-state index contributed by atoms with van der Waals surface area (Å²) in [5.41, 5.74) is -0.288. The van der Waals surface area contributed by atoms with Crippen LogP contribution in [0, 0.1) is 0 Å². The summed E-state index contributed by atoms with van der Waals surface area (Å²) in [4.78, 5) is 19.6. The van der Waals surface area contributed by atoms with Crippen molar-refractivity contribution in [3.05, 3.63) is 21.7 Å². The van der Waals surface area contributed by atoms with E-state index in [0.717, 1.165) is 13.0 Å². The second kappa shape index (κ2) is 5.75. The molecule has 84 valence electrons. The van der Waals surface area contributed by atoms with Gasteiger partial charge in [-0.25, -0.2) is 4.98 Å². The van der Waals surface area contributed by atoms with Gasteiger partial charge in [-0.15, -0.1) is 0 Å².